The average Bonchev–Trinajstić information content (AvgIpc) is 2.79. The molecule has 1 heterocycles. The zero-order chi connectivity index (χ0) is 22.7. The van der Waals surface area contributed by atoms with Gasteiger partial charge in [-0.15, -0.1) is 4.68 Å². The van der Waals surface area contributed by atoms with Crippen molar-refractivity contribution in [1.82, 2.24) is 9.66 Å². The van der Waals surface area contributed by atoms with Crippen molar-refractivity contribution in [3.8, 4) is 11.5 Å². The first kappa shape index (κ1) is 21.7. The van der Waals surface area contributed by atoms with Gasteiger partial charge in [-0.05, 0) is 35.9 Å². The predicted octanol–water partition coefficient (Wildman–Crippen LogP) is 4.47. The van der Waals surface area contributed by atoms with E-state index in [-0.39, 0.29) is 6.61 Å². The number of fused-ring (bicyclic) bond motifs is 1. The van der Waals surface area contributed by atoms with Crippen molar-refractivity contribution in [2.75, 3.05) is 7.11 Å². The molecule has 4 rings (SSSR count). The van der Waals surface area contributed by atoms with Crippen LogP contribution in [0.3, 0.4) is 0 Å². The van der Waals surface area contributed by atoms with E-state index in [2.05, 4.69) is 10.1 Å². The van der Waals surface area contributed by atoms with Crippen molar-refractivity contribution in [1.29, 1.82) is 0 Å². The number of hydrogen-bond acceptors (Lipinski definition) is 5. The molecule has 162 valence electrons. The van der Waals surface area contributed by atoms with Crippen LogP contribution >= 0.6 is 23.2 Å². The molecule has 0 amide bonds. The van der Waals surface area contributed by atoms with Crippen molar-refractivity contribution < 1.29 is 9.47 Å². The van der Waals surface area contributed by atoms with Gasteiger partial charge in [0.1, 0.15) is 6.61 Å². The van der Waals surface area contributed by atoms with Crippen molar-refractivity contribution >= 4 is 40.3 Å². The highest BCUT2D eigenvalue weighted by molar-refractivity contribution is 6.31. The fraction of sp³-hybridized carbons (Fsp3) is 0.0870. The van der Waals surface area contributed by atoms with Crippen LogP contribution in [0.2, 0.25) is 10.0 Å². The molecule has 4 aromatic rings. The number of aromatic amines is 1. The lowest BCUT2D eigenvalue weighted by atomic mass is 10.2. The second-order valence-electron chi connectivity index (χ2n) is 6.78. The molecule has 0 radical (unpaired) electrons. The fourth-order valence-corrected chi connectivity index (χ4v) is 3.45. The fourth-order valence-electron chi connectivity index (χ4n) is 3.10. The second-order valence-corrected chi connectivity index (χ2v) is 7.65. The lowest BCUT2D eigenvalue weighted by Gasteiger charge is -2.14. The van der Waals surface area contributed by atoms with E-state index in [1.165, 1.54) is 13.3 Å². The van der Waals surface area contributed by atoms with Gasteiger partial charge in [-0.1, -0.05) is 47.5 Å². The third-order valence-electron chi connectivity index (χ3n) is 4.66. The van der Waals surface area contributed by atoms with Crippen LogP contribution in [0.1, 0.15) is 11.1 Å². The maximum absolute atomic E-state index is 12.7. The SMILES string of the molecule is COc1cc(Cl)cc(C=Nn2c(=O)[nH]c3ccccc3c2=O)c1OCc1ccc(Cl)cc1. The number of para-hydroxylation sites is 1. The van der Waals surface area contributed by atoms with Gasteiger partial charge in [-0.3, -0.25) is 4.79 Å². The molecule has 0 saturated heterocycles. The van der Waals surface area contributed by atoms with Crippen LogP contribution in [0.4, 0.5) is 0 Å². The van der Waals surface area contributed by atoms with Crippen LogP contribution in [0.25, 0.3) is 10.9 Å². The molecule has 0 bridgehead atoms. The lowest BCUT2D eigenvalue weighted by Crippen LogP contribution is -2.32. The Morgan fingerprint density at radius 3 is 2.53 bits per heavy atom. The van der Waals surface area contributed by atoms with Gasteiger partial charge in [-0.25, -0.2) is 4.79 Å². The Labute approximate surface area is 192 Å². The number of halogens is 2. The maximum Gasteiger partial charge on any atom is 0.349 e. The number of hydrogen-bond donors (Lipinski definition) is 1. The molecule has 9 heteroatoms. The van der Waals surface area contributed by atoms with Gasteiger partial charge in [0.25, 0.3) is 5.56 Å². The van der Waals surface area contributed by atoms with Crippen LogP contribution < -0.4 is 20.7 Å². The minimum Gasteiger partial charge on any atom is -0.493 e. The Balaban J connectivity index is 1.73. The Morgan fingerprint density at radius 2 is 1.78 bits per heavy atom. The average molecular weight is 470 g/mol. The molecule has 0 fully saturated rings. The predicted molar refractivity (Wildman–Crippen MR) is 126 cm³/mol. The molecule has 0 atom stereocenters. The quantitative estimate of drug-likeness (QED) is 0.422. The molecule has 1 aromatic heterocycles. The van der Waals surface area contributed by atoms with Crippen LogP contribution in [-0.2, 0) is 6.61 Å². The first-order valence-electron chi connectivity index (χ1n) is 9.49. The second kappa shape index (κ2) is 9.30. The summed E-state index contributed by atoms with van der Waals surface area (Å²) in [4.78, 5) is 27.7. The van der Waals surface area contributed by atoms with Crippen molar-refractivity contribution in [3.63, 3.8) is 0 Å². The highest BCUT2D eigenvalue weighted by Crippen LogP contribution is 2.34. The highest BCUT2D eigenvalue weighted by atomic mass is 35.5. The van der Waals surface area contributed by atoms with Gasteiger partial charge in [-0.2, -0.15) is 5.10 Å². The number of H-pyrrole nitrogens is 1. The summed E-state index contributed by atoms with van der Waals surface area (Å²) in [5, 5.41) is 5.43. The van der Waals surface area contributed by atoms with Gasteiger partial charge >= 0.3 is 5.69 Å². The topological polar surface area (TPSA) is 85.7 Å². The molecule has 0 aliphatic heterocycles. The minimum atomic E-state index is -0.664. The molecule has 0 aliphatic rings. The molecule has 32 heavy (non-hydrogen) atoms. The van der Waals surface area contributed by atoms with Crippen molar-refractivity contribution in [2.24, 2.45) is 5.10 Å². The standard InChI is InChI=1S/C23H17Cl2N3O4/c1-31-20-11-17(25)10-15(21(20)32-13-14-6-8-16(24)9-7-14)12-26-28-22(29)18-4-2-3-5-19(18)27-23(28)30/h2-12H,13H2,1H3,(H,27,30). The van der Waals surface area contributed by atoms with E-state index in [1.54, 1.807) is 48.5 Å². The summed E-state index contributed by atoms with van der Waals surface area (Å²) in [6, 6.07) is 17.1. The molecular weight excluding hydrogens is 453 g/mol. The van der Waals surface area contributed by atoms with Gasteiger partial charge in [0.05, 0.1) is 24.2 Å². The van der Waals surface area contributed by atoms with E-state index < -0.39 is 11.2 Å². The maximum atomic E-state index is 12.7. The number of methoxy groups -OCH3 is 1. The molecule has 1 N–H and O–H groups in total. The third-order valence-corrected chi connectivity index (χ3v) is 5.13. The molecule has 0 aliphatic carbocycles. The van der Waals surface area contributed by atoms with Crippen molar-refractivity contribution in [2.45, 2.75) is 6.61 Å². The summed E-state index contributed by atoms with van der Waals surface area (Å²) in [5.74, 6) is 0.744. The summed E-state index contributed by atoms with van der Waals surface area (Å²) < 4.78 is 12.1. The summed E-state index contributed by atoms with van der Waals surface area (Å²) in [7, 11) is 1.49. The zero-order valence-electron chi connectivity index (χ0n) is 16.8. The summed E-state index contributed by atoms with van der Waals surface area (Å²) >= 11 is 12.1. The van der Waals surface area contributed by atoms with Gasteiger partial charge in [0.2, 0.25) is 0 Å². The van der Waals surface area contributed by atoms with E-state index in [1.807, 2.05) is 12.1 Å². The van der Waals surface area contributed by atoms with Crippen LogP contribution in [0.5, 0.6) is 11.5 Å². The summed E-state index contributed by atoms with van der Waals surface area (Å²) in [6.45, 7) is 0.229. The number of aromatic nitrogens is 2. The zero-order valence-corrected chi connectivity index (χ0v) is 18.4. The third kappa shape index (κ3) is 4.54. The molecule has 0 unspecified atom stereocenters. The minimum absolute atomic E-state index is 0.229. The van der Waals surface area contributed by atoms with Crippen LogP contribution in [0.15, 0.2) is 75.4 Å². The monoisotopic (exact) mass is 469 g/mol. The number of ether oxygens (including phenoxy) is 2. The number of rotatable bonds is 6. The first-order chi connectivity index (χ1) is 15.5. The number of benzene rings is 3. The molecule has 0 spiro atoms. The molecule has 3 aromatic carbocycles. The summed E-state index contributed by atoms with van der Waals surface area (Å²) in [5.41, 5.74) is 0.547. The molecule has 7 nitrogen and oxygen atoms in total. The van der Waals surface area contributed by atoms with Crippen LogP contribution in [-0.4, -0.2) is 23.0 Å². The van der Waals surface area contributed by atoms with Gasteiger partial charge in [0.15, 0.2) is 11.5 Å². The van der Waals surface area contributed by atoms with Crippen LogP contribution in [0, 0.1) is 0 Å². The highest BCUT2D eigenvalue weighted by Gasteiger charge is 2.13. The van der Waals surface area contributed by atoms with Gasteiger partial charge < -0.3 is 14.5 Å². The normalized spacial score (nSPS) is 11.2. The van der Waals surface area contributed by atoms with E-state index in [9.17, 15) is 9.59 Å². The smallest absolute Gasteiger partial charge is 0.349 e. The van der Waals surface area contributed by atoms with E-state index in [4.69, 9.17) is 32.7 Å². The molecule has 0 saturated carbocycles. The lowest BCUT2D eigenvalue weighted by molar-refractivity contribution is 0.284. The van der Waals surface area contributed by atoms with E-state index in [0.717, 1.165) is 10.2 Å². The molecular formula is C23H17Cl2N3O4. The largest absolute Gasteiger partial charge is 0.493 e. The number of nitrogens with one attached hydrogen (secondary N) is 1. The number of nitrogens with zero attached hydrogens (tertiary/aromatic N) is 2. The Morgan fingerprint density at radius 1 is 1.03 bits per heavy atom. The first-order valence-corrected chi connectivity index (χ1v) is 10.2. The van der Waals surface area contributed by atoms with E-state index in [0.29, 0.717) is 38.0 Å². The van der Waals surface area contributed by atoms with E-state index >= 15 is 0 Å². The Bertz CT molecular complexity index is 1430. The van der Waals surface area contributed by atoms with Gasteiger partial charge in [0, 0.05) is 21.7 Å². The van der Waals surface area contributed by atoms with Crippen molar-refractivity contribution in [3.05, 3.63) is 103 Å². The summed E-state index contributed by atoms with van der Waals surface area (Å²) in [6.07, 6.45) is 1.33. The Kier molecular flexibility index (Phi) is 6.30. The Hall–Kier alpha value is -3.55.